The van der Waals surface area contributed by atoms with E-state index < -0.39 is 0 Å². The molecule has 1 aliphatic carbocycles. The van der Waals surface area contributed by atoms with Crippen LogP contribution >= 0.6 is 11.6 Å². The highest BCUT2D eigenvalue weighted by Crippen LogP contribution is 2.26. The fraction of sp³-hybridized carbons (Fsp3) is 0.538. The summed E-state index contributed by atoms with van der Waals surface area (Å²) < 4.78 is 0. The average Bonchev–Trinajstić information content (AvgIpc) is 2.32. The third kappa shape index (κ3) is 2.89. The van der Waals surface area contributed by atoms with Crippen molar-refractivity contribution in [2.75, 3.05) is 5.32 Å². The lowest BCUT2D eigenvalue weighted by Gasteiger charge is -2.29. The molecule has 1 aromatic rings. The quantitative estimate of drug-likeness (QED) is 0.815. The van der Waals surface area contributed by atoms with Gasteiger partial charge in [0.25, 0.3) is 0 Å². The number of nitrogens with one attached hydrogen (secondary N) is 1. The Bertz CT molecular complexity index is 439. The molecule has 90 valence electrons. The van der Waals surface area contributed by atoms with Gasteiger partial charge in [0.15, 0.2) is 0 Å². The molecule has 0 aliphatic heterocycles. The number of hydrogen-bond acceptors (Lipinski definition) is 3. The standard InChI is InChI=1S/C13H16ClN3/c1-9-4-2-3-5-11(9)16-12-7-6-10(8-15)13(14)17-12/h6-7,9,11H,2-5H2,1H3,(H,16,17)/t9-,11+/m0/s1. The Balaban J connectivity index is 2.08. The minimum absolute atomic E-state index is 0.279. The zero-order chi connectivity index (χ0) is 12.3. The molecule has 2 rings (SSSR count). The fourth-order valence-corrected chi connectivity index (χ4v) is 2.52. The number of halogens is 1. The predicted molar refractivity (Wildman–Crippen MR) is 69.0 cm³/mol. The van der Waals surface area contributed by atoms with Crippen LogP contribution < -0.4 is 5.32 Å². The van der Waals surface area contributed by atoms with Crippen LogP contribution in [0.2, 0.25) is 5.15 Å². The van der Waals surface area contributed by atoms with Crippen LogP contribution in [0.4, 0.5) is 5.82 Å². The second-order valence-electron chi connectivity index (χ2n) is 4.66. The van der Waals surface area contributed by atoms with Gasteiger partial charge >= 0.3 is 0 Å². The Hall–Kier alpha value is -1.27. The maximum Gasteiger partial charge on any atom is 0.149 e. The highest BCUT2D eigenvalue weighted by atomic mass is 35.5. The van der Waals surface area contributed by atoms with Crippen LogP contribution in [0.1, 0.15) is 38.2 Å². The van der Waals surface area contributed by atoms with Crippen molar-refractivity contribution in [1.82, 2.24) is 4.98 Å². The molecule has 0 spiro atoms. The smallest absolute Gasteiger partial charge is 0.149 e. The van der Waals surface area contributed by atoms with Gasteiger partial charge in [-0.2, -0.15) is 5.26 Å². The molecule has 0 aromatic carbocycles. The van der Waals surface area contributed by atoms with Gasteiger partial charge in [-0.1, -0.05) is 31.4 Å². The van der Waals surface area contributed by atoms with E-state index in [9.17, 15) is 0 Å². The molecule has 1 aromatic heterocycles. The molecule has 0 saturated heterocycles. The van der Waals surface area contributed by atoms with Crippen molar-refractivity contribution in [2.45, 2.75) is 38.6 Å². The normalized spacial score (nSPS) is 24.1. The summed E-state index contributed by atoms with van der Waals surface area (Å²) in [7, 11) is 0. The first-order valence-electron chi connectivity index (χ1n) is 6.04. The zero-order valence-corrected chi connectivity index (χ0v) is 10.7. The molecule has 0 unspecified atom stereocenters. The molecule has 1 heterocycles. The van der Waals surface area contributed by atoms with Crippen LogP contribution in [0.15, 0.2) is 12.1 Å². The molecule has 17 heavy (non-hydrogen) atoms. The maximum atomic E-state index is 8.78. The molecule has 4 heteroatoms. The first-order valence-corrected chi connectivity index (χ1v) is 6.41. The van der Waals surface area contributed by atoms with Crippen molar-refractivity contribution in [3.8, 4) is 6.07 Å². The van der Waals surface area contributed by atoms with Gasteiger partial charge in [-0.05, 0) is 30.9 Å². The number of aromatic nitrogens is 1. The Morgan fingerprint density at radius 1 is 1.41 bits per heavy atom. The van der Waals surface area contributed by atoms with Gasteiger partial charge < -0.3 is 5.32 Å². The summed E-state index contributed by atoms with van der Waals surface area (Å²) in [6.07, 6.45) is 5.04. The summed E-state index contributed by atoms with van der Waals surface area (Å²) in [5.41, 5.74) is 0.425. The predicted octanol–water partition coefficient (Wildman–Crippen LogP) is 3.60. The third-order valence-electron chi connectivity index (χ3n) is 3.41. The summed E-state index contributed by atoms with van der Waals surface area (Å²) in [5.74, 6) is 1.44. The van der Waals surface area contributed by atoms with Crippen molar-refractivity contribution in [1.29, 1.82) is 5.26 Å². The Morgan fingerprint density at radius 3 is 2.82 bits per heavy atom. The van der Waals surface area contributed by atoms with Gasteiger partial charge in [0.1, 0.15) is 17.0 Å². The van der Waals surface area contributed by atoms with Crippen LogP contribution in [-0.2, 0) is 0 Å². The van der Waals surface area contributed by atoms with Gasteiger partial charge in [-0.15, -0.1) is 0 Å². The van der Waals surface area contributed by atoms with E-state index in [1.807, 2.05) is 12.1 Å². The van der Waals surface area contributed by atoms with Crippen LogP contribution in [0.3, 0.4) is 0 Å². The fourth-order valence-electron chi connectivity index (χ4n) is 2.32. The highest BCUT2D eigenvalue weighted by Gasteiger charge is 2.21. The molecular formula is C13H16ClN3. The summed E-state index contributed by atoms with van der Waals surface area (Å²) in [6.45, 7) is 2.27. The average molecular weight is 250 g/mol. The van der Waals surface area contributed by atoms with E-state index in [0.29, 0.717) is 17.5 Å². The van der Waals surface area contributed by atoms with E-state index in [1.165, 1.54) is 25.7 Å². The number of nitriles is 1. The molecule has 2 atom stereocenters. The van der Waals surface area contributed by atoms with Gasteiger partial charge in [-0.25, -0.2) is 4.98 Å². The monoisotopic (exact) mass is 249 g/mol. The van der Waals surface area contributed by atoms with Crippen molar-refractivity contribution in [3.05, 3.63) is 22.8 Å². The Kier molecular flexibility index (Phi) is 3.86. The summed E-state index contributed by atoms with van der Waals surface area (Å²) in [6, 6.07) is 6.02. The number of pyridine rings is 1. The molecule has 1 N–H and O–H groups in total. The van der Waals surface area contributed by atoms with Crippen molar-refractivity contribution < 1.29 is 0 Å². The summed E-state index contributed by atoms with van der Waals surface area (Å²) in [4.78, 5) is 4.20. The van der Waals surface area contributed by atoms with Gasteiger partial charge in [0.2, 0.25) is 0 Å². The topological polar surface area (TPSA) is 48.7 Å². The van der Waals surface area contributed by atoms with E-state index in [1.54, 1.807) is 6.07 Å². The maximum absolute atomic E-state index is 8.78. The highest BCUT2D eigenvalue weighted by molar-refractivity contribution is 6.30. The molecule has 0 radical (unpaired) electrons. The lowest BCUT2D eigenvalue weighted by molar-refractivity contribution is 0.349. The largest absolute Gasteiger partial charge is 0.367 e. The number of anilines is 1. The van der Waals surface area contributed by atoms with Crippen molar-refractivity contribution >= 4 is 17.4 Å². The number of nitrogens with zero attached hydrogens (tertiary/aromatic N) is 2. The van der Waals surface area contributed by atoms with E-state index in [0.717, 1.165) is 5.82 Å². The van der Waals surface area contributed by atoms with Gasteiger partial charge in [0, 0.05) is 6.04 Å². The zero-order valence-electron chi connectivity index (χ0n) is 9.91. The first-order chi connectivity index (χ1) is 8.20. The van der Waals surface area contributed by atoms with Crippen LogP contribution in [0.5, 0.6) is 0 Å². The van der Waals surface area contributed by atoms with Crippen LogP contribution in [0, 0.1) is 17.2 Å². The molecule has 1 saturated carbocycles. The number of hydrogen-bond donors (Lipinski definition) is 1. The molecule has 1 fully saturated rings. The van der Waals surface area contributed by atoms with Crippen molar-refractivity contribution in [2.24, 2.45) is 5.92 Å². The number of rotatable bonds is 2. The summed E-state index contributed by atoms with van der Waals surface area (Å²) >= 11 is 5.91. The van der Waals surface area contributed by atoms with Gasteiger partial charge in [0.05, 0.1) is 5.56 Å². The molecular weight excluding hydrogens is 234 g/mol. The van der Waals surface area contributed by atoms with E-state index in [2.05, 4.69) is 17.2 Å². The molecule has 3 nitrogen and oxygen atoms in total. The molecule has 1 aliphatic rings. The lowest BCUT2D eigenvalue weighted by Crippen LogP contribution is -2.30. The van der Waals surface area contributed by atoms with Crippen LogP contribution in [-0.4, -0.2) is 11.0 Å². The molecule has 0 amide bonds. The molecule has 0 bridgehead atoms. The Labute approximate surface area is 107 Å². The lowest BCUT2D eigenvalue weighted by atomic mass is 9.86. The minimum atomic E-state index is 0.279. The second-order valence-corrected chi connectivity index (χ2v) is 5.02. The first kappa shape index (κ1) is 12.2. The van der Waals surface area contributed by atoms with E-state index in [-0.39, 0.29) is 5.15 Å². The minimum Gasteiger partial charge on any atom is -0.367 e. The third-order valence-corrected chi connectivity index (χ3v) is 3.70. The van der Waals surface area contributed by atoms with Gasteiger partial charge in [-0.3, -0.25) is 0 Å². The second kappa shape index (κ2) is 5.37. The van der Waals surface area contributed by atoms with Crippen molar-refractivity contribution in [3.63, 3.8) is 0 Å². The van der Waals surface area contributed by atoms with Crippen LogP contribution in [0.25, 0.3) is 0 Å². The summed E-state index contributed by atoms with van der Waals surface area (Å²) in [5, 5.41) is 12.5. The Morgan fingerprint density at radius 2 is 2.18 bits per heavy atom. The SMILES string of the molecule is C[C@H]1CCCC[C@H]1Nc1ccc(C#N)c(Cl)n1. The van der Waals surface area contributed by atoms with E-state index in [4.69, 9.17) is 16.9 Å². The van der Waals surface area contributed by atoms with E-state index >= 15 is 0 Å².